The third-order valence-electron chi connectivity index (χ3n) is 4.89. The lowest BCUT2D eigenvalue weighted by atomic mass is 9.84. The third kappa shape index (κ3) is 2.18. The Kier molecular flexibility index (Phi) is 3.35. The zero-order chi connectivity index (χ0) is 13.4. The van der Waals surface area contributed by atoms with E-state index in [0.29, 0.717) is 11.8 Å². The van der Waals surface area contributed by atoms with Gasteiger partial charge in [-0.2, -0.15) is 0 Å². The zero-order valence-corrected chi connectivity index (χ0v) is 11.2. The Morgan fingerprint density at radius 1 is 1.53 bits per heavy atom. The molecule has 4 heteroatoms. The Bertz CT molecular complexity index is 442. The van der Waals surface area contributed by atoms with Crippen LogP contribution in [-0.2, 0) is 4.79 Å². The van der Waals surface area contributed by atoms with Gasteiger partial charge in [-0.25, -0.2) is 0 Å². The zero-order valence-electron chi connectivity index (χ0n) is 11.2. The molecule has 0 spiro atoms. The molecule has 19 heavy (non-hydrogen) atoms. The van der Waals surface area contributed by atoms with E-state index in [4.69, 9.17) is 4.42 Å². The van der Waals surface area contributed by atoms with Gasteiger partial charge in [0.05, 0.1) is 18.2 Å². The van der Waals surface area contributed by atoms with Crippen LogP contribution in [0, 0.1) is 17.8 Å². The SMILES string of the molecule is CCC(NC1C2CCC(C2)C1C(=O)O)c1ccco1. The van der Waals surface area contributed by atoms with E-state index in [0.717, 1.165) is 25.0 Å². The highest BCUT2D eigenvalue weighted by Gasteiger charge is 2.51. The Morgan fingerprint density at radius 3 is 2.95 bits per heavy atom. The summed E-state index contributed by atoms with van der Waals surface area (Å²) in [5, 5.41) is 13.0. The predicted molar refractivity (Wildman–Crippen MR) is 70.6 cm³/mol. The number of furan rings is 1. The molecule has 0 amide bonds. The normalized spacial score (nSPS) is 34.6. The molecule has 2 N–H and O–H groups in total. The van der Waals surface area contributed by atoms with Gasteiger partial charge in [-0.05, 0) is 49.7 Å². The van der Waals surface area contributed by atoms with Crippen molar-refractivity contribution in [2.24, 2.45) is 17.8 Å². The molecule has 2 fully saturated rings. The summed E-state index contributed by atoms with van der Waals surface area (Å²) >= 11 is 0. The van der Waals surface area contributed by atoms with Crippen LogP contribution in [0.4, 0.5) is 0 Å². The van der Waals surface area contributed by atoms with Crippen LogP contribution in [0.3, 0.4) is 0 Å². The molecule has 1 aromatic rings. The van der Waals surface area contributed by atoms with Crippen LogP contribution in [-0.4, -0.2) is 17.1 Å². The molecule has 5 unspecified atom stereocenters. The summed E-state index contributed by atoms with van der Waals surface area (Å²) in [6.07, 6.45) is 5.91. The lowest BCUT2D eigenvalue weighted by molar-refractivity contribution is -0.144. The molecule has 3 rings (SSSR count). The van der Waals surface area contributed by atoms with Crippen LogP contribution in [0.1, 0.15) is 44.4 Å². The van der Waals surface area contributed by atoms with Gasteiger partial charge in [0, 0.05) is 6.04 Å². The van der Waals surface area contributed by atoms with Gasteiger partial charge in [-0.1, -0.05) is 6.92 Å². The Labute approximate surface area is 113 Å². The summed E-state index contributed by atoms with van der Waals surface area (Å²) in [6.45, 7) is 2.10. The molecule has 1 aromatic heterocycles. The number of hydrogen-bond donors (Lipinski definition) is 2. The number of nitrogens with one attached hydrogen (secondary N) is 1. The molecular formula is C15H21NO3. The van der Waals surface area contributed by atoms with E-state index in [1.807, 2.05) is 12.1 Å². The average molecular weight is 263 g/mol. The number of rotatable bonds is 5. The van der Waals surface area contributed by atoms with Gasteiger partial charge < -0.3 is 14.8 Å². The number of hydrogen-bond acceptors (Lipinski definition) is 3. The highest BCUT2D eigenvalue weighted by atomic mass is 16.4. The first-order valence-electron chi connectivity index (χ1n) is 7.23. The summed E-state index contributed by atoms with van der Waals surface area (Å²) in [4.78, 5) is 11.5. The Morgan fingerprint density at radius 2 is 2.32 bits per heavy atom. The molecule has 0 aliphatic heterocycles. The first kappa shape index (κ1) is 12.7. The van der Waals surface area contributed by atoms with E-state index in [-0.39, 0.29) is 18.0 Å². The molecule has 5 atom stereocenters. The van der Waals surface area contributed by atoms with E-state index in [9.17, 15) is 9.90 Å². The lowest BCUT2D eigenvalue weighted by Gasteiger charge is -2.31. The summed E-state index contributed by atoms with van der Waals surface area (Å²) in [6, 6.07) is 4.08. The van der Waals surface area contributed by atoms with Crippen molar-refractivity contribution in [2.45, 2.75) is 44.7 Å². The van der Waals surface area contributed by atoms with E-state index in [1.165, 1.54) is 6.42 Å². The number of carboxylic acids is 1. The van der Waals surface area contributed by atoms with E-state index in [1.54, 1.807) is 6.26 Å². The summed E-state index contributed by atoms with van der Waals surface area (Å²) < 4.78 is 5.46. The molecular weight excluding hydrogens is 242 g/mol. The highest BCUT2D eigenvalue weighted by molar-refractivity contribution is 5.72. The molecule has 0 radical (unpaired) electrons. The molecule has 0 saturated heterocycles. The molecule has 4 nitrogen and oxygen atoms in total. The van der Waals surface area contributed by atoms with Crippen molar-refractivity contribution in [1.82, 2.24) is 5.32 Å². The van der Waals surface area contributed by atoms with Gasteiger partial charge in [0.15, 0.2) is 0 Å². The van der Waals surface area contributed by atoms with Gasteiger partial charge in [0.2, 0.25) is 0 Å². The predicted octanol–water partition coefficient (Wildman–Crippen LogP) is 2.82. The van der Waals surface area contributed by atoms with Crippen molar-refractivity contribution in [1.29, 1.82) is 0 Å². The van der Waals surface area contributed by atoms with Crippen molar-refractivity contribution in [3.8, 4) is 0 Å². The maximum absolute atomic E-state index is 11.5. The van der Waals surface area contributed by atoms with Gasteiger partial charge in [-0.3, -0.25) is 4.79 Å². The molecule has 2 aliphatic carbocycles. The van der Waals surface area contributed by atoms with Crippen molar-refractivity contribution in [3.63, 3.8) is 0 Å². The largest absolute Gasteiger partial charge is 0.481 e. The summed E-state index contributed by atoms with van der Waals surface area (Å²) in [5.74, 6) is 0.945. The van der Waals surface area contributed by atoms with Crippen LogP contribution in [0.2, 0.25) is 0 Å². The van der Waals surface area contributed by atoms with Crippen LogP contribution in [0.5, 0.6) is 0 Å². The first-order valence-corrected chi connectivity index (χ1v) is 7.23. The van der Waals surface area contributed by atoms with Crippen LogP contribution < -0.4 is 5.32 Å². The average Bonchev–Trinajstić information content (AvgIpc) is 3.10. The van der Waals surface area contributed by atoms with Gasteiger partial charge in [0.25, 0.3) is 0 Å². The van der Waals surface area contributed by atoms with Gasteiger partial charge in [-0.15, -0.1) is 0 Å². The maximum atomic E-state index is 11.5. The fourth-order valence-electron chi connectivity index (χ4n) is 4.01. The minimum Gasteiger partial charge on any atom is -0.481 e. The standard InChI is InChI=1S/C15H21NO3/c1-2-11(12-4-3-7-19-12)16-14-10-6-5-9(8-10)13(14)15(17)18/h3-4,7,9-11,13-14,16H,2,5-6,8H2,1H3,(H,17,18). The monoisotopic (exact) mass is 263 g/mol. The van der Waals surface area contributed by atoms with Crippen molar-refractivity contribution in [2.75, 3.05) is 0 Å². The van der Waals surface area contributed by atoms with Crippen molar-refractivity contribution in [3.05, 3.63) is 24.2 Å². The molecule has 104 valence electrons. The topological polar surface area (TPSA) is 62.5 Å². The molecule has 0 aromatic carbocycles. The van der Waals surface area contributed by atoms with Crippen LogP contribution in [0.15, 0.2) is 22.8 Å². The lowest BCUT2D eigenvalue weighted by Crippen LogP contribution is -2.45. The van der Waals surface area contributed by atoms with E-state index < -0.39 is 5.97 Å². The molecule has 1 heterocycles. The maximum Gasteiger partial charge on any atom is 0.308 e. The molecule has 2 aliphatic rings. The smallest absolute Gasteiger partial charge is 0.308 e. The Hall–Kier alpha value is -1.29. The van der Waals surface area contributed by atoms with Crippen LogP contribution in [0.25, 0.3) is 0 Å². The number of aliphatic carboxylic acids is 1. The minimum atomic E-state index is -0.640. The van der Waals surface area contributed by atoms with Crippen molar-refractivity contribution >= 4 is 5.97 Å². The van der Waals surface area contributed by atoms with E-state index in [2.05, 4.69) is 12.2 Å². The molecule has 2 saturated carbocycles. The molecule has 2 bridgehead atoms. The minimum absolute atomic E-state index is 0.103. The third-order valence-corrected chi connectivity index (χ3v) is 4.89. The second-order valence-electron chi connectivity index (χ2n) is 5.87. The fraction of sp³-hybridized carbons (Fsp3) is 0.667. The second-order valence-corrected chi connectivity index (χ2v) is 5.87. The van der Waals surface area contributed by atoms with Crippen molar-refractivity contribution < 1.29 is 14.3 Å². The number of fused-ring (bicyclic) bond motifs is 2. The summed E-state index contributed by atoms with van der Waals surface area (Å²) in [7, 11) is 0. The van der Waals surface area contributed by atoms with E-state index >= 15 is 0 Å². The summed E-state index contributed by atoms with van der Waals surface area (Å²) in [5.41, 5.74) is 0. The quantitative estimate of drug-likeness (QED) is 0.857. The van der Waals surface area contributed by atoms with Crippen LogP contribution >= 0.6 is 0 Å². The first-order chi connectivity index (χ1) is 9.20. The number of carbonyl (C=O) groups is 1. The fourth-order valence-corrected chi connectivity index (χ4v) is 4.01. The second kappa shape index (κ2) is 5.00. The van der Waals surface area contributed by atoms with Gasteiger partial charge >= 0.3 is 5.97 Å². The highest BCUT2D eigenvalue weighted by Crippen LogP contribution is 2.49. The van der Waals surface area contributed by atoms with Gasteiger partial charge in [0.1, 0.15) is 5.76 Å². The number of carboxylic acid groups (broad SMARTS) is 1. The Balaban J connectivity index is 1.76.